The molecule has 126 valence electrons. The molecule has 2 rings (SSSR count). The van der Waals surface area contributed by atoms with Crippen LogP contribution in [0.25, 0.3) is 0 Å². The molecule has 0 amide bonds. The Balaban J connectivity index is 1.89. The van der Waals surface area contributed by atoms with Crippen LogP contribution in [0.3, 0.4) is 0 Å². The summed E-state index contributed by atoms with van der Waals surface area (Å²) in [6.45, 7) is 7.23. The van der Waals surface area contributed by atoms with Crippen LogP contribution >= 0.6 is 0 Å². The summed E-state index contributed by atoms with van der Waals surface area (Å²) >= 11 is 0. The quantitative estimate of drug-likeness (QED) is 0.768. The predicted octanol–water partition coefficient (Wildman–Crippen LogP) is 2.46. The monoisotopic (exact) mass is 328 g/mol. The van der Waals surface area contributed by atoms with Crippen LogP contribution in [0.5, 0.6) is 0 Å². The van der Waals surface area contributed by atoms with Gasteiger partial charge in [-0.15, -0.1) is 5.10 Å². The van der Waals surface area contributed by atoms with Crippen molar-refractivity contribution in [2.45, 2.75) is 65.2 Å². The molecule has 0 aliphatic heterocycles. The highest BCUT2D eigenvalue weighted by molar-refractivity contribution is 7.90. The van der Waals surface area contributed by atoms with Crippen LogP contribution in [0, 0.1) is 17.8 Å². The fourth-order valence-corrected chi connectivity index (χ4v) is 5.11. The van der Waals surface area contributed by atoms with Gasteiger partial charge < -0.3 is 0 Å². The van der Waals surface area contributed by atoms with Gasteiger partial charge in [0.05, 0.1) is 5.75 Å². The molecule has 1 aliphatic rings. The third-order valence-electron chi connectivity index (χ3n) is 4.50. The van der Waals surface area contributed by atoms with Gasteiger partial charge in [0, 0.05) is 6.54 Å². The van der Waals surface area contributed by atoms with Gasteiger partial charge in [-0.2, -0.15) is 0 Å². The lowest BCUT2D eigenvalue weighted by atomic mass is 9.76. The maximum Gasteiger partial charge on any atom is 0.166 e. The first-order chi connectivity index (χ1) is 10.4. The second kappa shape index (κ2) is 7.53. The Hall–Kier alpha value is -0.980. The molecule has 1 unspecified atom stereocenters. The summed E-state index contributed by atoms with van der Waals surface area (Å²) < 4.78 is 26.3. The molecule has 0 saturated heterocycles. The van der Waals surface area contributed by atoms with Crippen molar-refractivity contribution in [2.75, 3.05) is 5.75 Å². The molecule has 0 spiro atoms. The van der Waals surface area contributed by atoms with Gasteiger partial charge in [0.2, 0.25) is 0 Å². The minimum Gasteiger partial charge on any atom is -0.229 e. The zero-order valence-corrected chi connectivity index (χ0v) is 14.7. The molecule has 7 heteroatoms. The smallest absolute Gasteiger partial charge is 0.166 e. The number of rotatable bonds is 7. The molecular formula is C15H28N4O2S. The lowest BCUT2D eigenvalue weighted by molar-refractivity contribution is 0.215. The van der Waals surface area contributed by atoms with Gasteiger partial charge in [0.15, 0.2) is 15.7 Å². The molecule has 1 heterocycles. The van der Waals surface area contributed by atoms with Crippen LogP contribution < -0.4 is 0 Å². The fraction of sp³-hybridized carbons (Fsp3) is 0.933. The Bertz CT molecular complexity index is 560. The zero-order valence-electron chi connectivity index (χ0n) is 13.9. The van der Waals surface area contributed by atoms with E-state index in [1.807, 2.05) is 6.92 Å². The Kier molecular flexibility index (Phi) is 5.94. The largest absolute Gasteiger partial charge is 0.229 e. The normalized spacial score (nSPS) is 26.2. The van der Waals surface area contributed by atoms with Crippen LogP contribution in [-0.4, -0.2) is 34.4 Å². The Morgan fingerprint density at radius 2 is 1.86 bits per heavy atom. The van der Waals surface area contributed by atoms with Gasteiger partial charge in [0.1, 0.15) is 5.75 Å². The number of hydrogen-bond donors (Lipinski definition) is 0. The van der Waals surface area contributed by atoms with Gasteiger partial charge in [-0.1, -0.05) is 20.8 Å². The highest BCUT2D eigenvalue weighted by atomic mass is 32.2. The molecule has 0 bridgehead atoms. The minimum absolute atomic E-state index is 0.0438. The van der Waals surface area contributed by atoms with E-state index in [0.29, 0.717) is 30.1 Å². The highest BCUT2D eigenvalue weighted by Gasteiger charge is 2.26. The van der Waals surface area contributed by atoms with E-state index in [9.17, 15) is 8.42 Å². The van der Waals surface area contributed by atoms with E-state index in [1.165, 1.54) is 6.42 Å². The molecule has 22 heavy (non-hydrogen) atoms. The minimum atomic E-state index is -3.14. The average Bonchev–Trinajstić information content (AvgIpc) is 2.83. The molecule has 3 atom stereocenters. The van der Waals surface area contributed by atoms with Gasteiger partial charge >= 0.3 is 0 Å². The number of hydrogen-bond acceptors (Lipinski definition) is 5. The molecule has 1 fully saturated rings. The highest BCUT2D eigenvalue weighted by Crippen LogP contribution is 2.34. The van der Waals surface area contributed by atoms with Crippen molar-refractivity contribution in [2.24, 2.45) is 17.8 Å². The van der Waals surface area contributed by atoms with E-state index in [0.717, 1.165) is 25.7 Å². The lowest BCUT2D eigenvalue weighted by Gasteiger charge is -2.31. The first-order valence-corrected chi connectivity index (χ1v) is 10.2. The summed E-state index contributed by atoms with van der Waals surface area (Å²) in [7, 11) is -3.14. The zero-order chi connectivity index (χ0) is 16.2. The van der Waals surface area contributed by atoms with Crippen LogP contribution in [0.4, 0.5) is 0 Å². The van der Waals surface area contributed by atoms with E-state index < -0.39 is 9.84 Å². The molecule has 0 N–H and O–H groups in total. The first-order valence-electron chi connectivity index (χ1n) is 8.35. The van der Waals surface area contributed by atoms with Crippen LogP contribution in [0.15, 0.2) is 0 Å². The van der Waals surface area contributed by atoms with Crippen molar-refractivity contribution in [3.63, 3.8) is 0 Å². The Morgan fingerprint density at radius 1 is 1.18 bits per heavy atom. The average molecular weight is 328 g/mol. The van der Waals surface area contributed by atoms with E-state index in [1.54, 1.807) is 4.68 Å². The second-order valence-corrected chi connectivity index (χ2v) is 9.17. The molecule has 1 aliphatic carbocycles. The van der Waals surface area contributed by atoms with Crippen molar-refractivity contribution in [1.29, 1.82) is 0 Å². The summed E-state index contributed by atoms with van der Waals surface area (Å²) in [5.41, 5.74) is 0. The number of aromatic nitrogens is 4. The number of sulfone groups is 1. The van der Waals surface area contributed by atoms with Crippen LogP contribution in [0.1, 0.15) is 58.7 Å². The number of nitrogens with zero attached hydrogens (tertiary/aromatic N) is 4. The lowest BCUT2D eigenvalue weighted by Crippen LogP contribution is -2.23. The van der Waals surface area contributed by atoms with E-state index in [2.05, 4.69) is 29.4 Å². The molecule has 1 aromatic heterocycles. The standard InChI is InChI=1S/C15H28N4O2S/c1-4-6-19-15(16-17-18-19)11-22(20,21)7-5-14-9-12(2)8-13(3)10-14/h12-14H,4-11H2,1-3H3/t12-,13+,14?. The second-order valence-electron chi connectivity index (χ2n) is 6.98. The predicted molar refractivity (Wildman–Crippen MR) is 85.9 cm³/mol. The number of tetrazole rings is 1. The van der Waals surface area contributed by atoms with Crippen LogP contribution in [0.2, 0.25) is 0 Å². The van der Waals surface area contributed by atoms with Gasteiger partial charge in [-0.3, -0.25) is 0 Å². The van der Waals surface area contributed by atoms with Gasteiger partial charge in [-0.25, -0.2) is 13.1 Å². The maximum atomic E-state index is 12.4. The number of aryl methyl sites for hydroxylation is 1. The molecule has 1 saturated carbocycles. The van der Waals surface area contributed by atoms with Crippen molar-refractivity contribution >= 4 is 9.84 Å². The Labute approximate surface area is 133 Å². The van der Waals surface area contributed by atoms with E-state index in [-0.39, 0.29) is 11.5 Å². The van der Waals surface area contributed by atoms with Crippen molar-refractivity contribution < 1.29 is 8.42 Å². The summed E-state index contributed by atoms with van der Waals surface area (Å²) in [4.78, 5) is 0. The maximum absolute atomic E-state index is 12.4. The summed E-state index contributed by atoms with van der Waals surface area (Å²) in [6.07, 6.45) is 5.25. The first kappa shape index (κ1) is 17.4. The summed E-state index contributed by atoms with van der Waals surface area (Å²) in [6, 6.07) is 0. The van der Waals surface area contributed by atoms with E-state index >= 15 is 0 Å². The molecular weight excluding hydrogens is 300 g/mol. The fourth-order valence-electron chi connectivity index (χ4n) is 3.68. The summed E-state index contributed by atoms with van der Waals surface area (Å²) in [5, 5.41) is 11.3. The molecule has 0 radical (unpaired) electrons. The molecule has 1 aromatic rings. The third kappa shape index (κ3) is 5.04. The van der Waals surface area contributed by atoms with Crippen molar-refractivity contribution in [3.8, 4) is 0 Å². The molecule has 0 aromatic carbocycles. The SMILES string of the molecule is CCCn1nnnc1CS(=O)(=O)CCC1C[C@@H](C)C[C@@H](C)C1. The summed E-state index contributed by atoms with van der Waals surface area (Å²) in [5.74, 6) is 2.64. The topological polar surface area (TPSA) is 77.7 Å². The van der Waals surface area contributed by atoms with Crippen LogP contribution in [-0.2, 0) is 22.1 Å². The van der Waals surface area contributed by atoms with Crippen molar-refractivity contribution in [1.82, 2.24) is 20.2 Å². The third-order valence-corrected chi connectivity index (χ3v) is 6.06. The Morgan fingerprint density at radius 3 is 2.50 bits per heavy atom. The van der Waals surface area contributed by atoms with Gasteiger partial charge in [0.25, 0.3) is 0 Å². The molecule has 6 nitrogen and oxygen atoms in total. The van der Waals surface area contributed by atoms with E-state index in [4.69, 9.17) is 0 Å². The van der Waals surface area contributed by atoms with Crippen molar-refractivity contribution in [3.05, 3.63) is 5.82 Å². The van der Waals surface area contributed by atoms with Gasteiger partial charge in [-0.05, 0) is 60.3 Å².